The highest BCUT2D eigenvalue weighted by Gasteiger charge is 2.23. The van der Waals surface area contributed by atoms with Gasteiger partial charge in [-0.25, -0.2) is 0 Å². The third-order valence-corrected chi connectivity index (χ3v) is 13.7. The van der Waals surface area contributed by atoms with Crippen molar-refractivity contribution in [2.24, 2.45) is 0 Å². The van der Waals surface area contributed by atoms with Gasteiger partial charge in [0.25, 0.3) is 0 Å². The maximum atomic E-state index is 4.81. The van der Waals surface area contributed by atoms with E-state index in [2.05, 4.69) is 249 Å². The summed E-state index contributed by atoms with van der Waals surface area (Å²) in [6, 6.07) is 87.1. The predicted octanol–water partition coefficient (Wildman–Crippen LogP) is 15.6. The molecule has 14 aromatic rings. The van der Waals surface area contributed by atoms with Crippen LogP contribution in [0.4, 0.5) is 0 Å². The van der Waals surface area contributed by atoms with E-state index in [1.54, 1.807) is 0 Å². The van der Waals surface area contributed by atoms with Crippen molar-refractivity contribution in [3.8, 4) is 56.7 Å². The summed E-state index contributed by atoms with van der Waals surface area (Å²) in [4.78, 5) is 0. The van der Waals surface area contributed by atoms with Gasteiger partial charge in [-0.1, -0.05) is 176 Å². The summed E-state index contributed by atoms with van der Waals surface area (Å²) in [6.07, 6.45) is 0. The molecule has 0 bridgehead atoms. The minimum Gasteiger partial charge on any atom is -0.309 e. The van der Waals surface area contributed by atoms with Gasteiger partial charge in [-0.05, 0) is 72.3 Å². The van der Waals surface area contributed by atoms with Crippen LogP contribution in [-0.4, -0.2) is 28.5 Å². The van der Waals surface area contributed by atoms with Gasteiger partial charge in [-0.2, -0.15) is 0 Å². The summed E-state index contributed by atoms with van der Waals surface area (Å²) in [6.45, 7) is 0. The maximum Gasteiger partial charge on any atom is 0.168 e. The van der Waals surface area contributed by atoms with E-state index >= 15 is 0 Å². The summed E-state index contributed by atoms with van der Waals surface area (Å²) < 4.78 is 9.52. The third-order valence-electron chi connectivity index (χ3n) is 13.7. The summed E-state index contributed by atoms with van der Waals surface area (Å²) in [5, 5.41) is 16.9. The summed E-state index contributed by atoms with van der Waals surface area (Å²) in [5.74, 6) is 1.58. The van der Waals surface area contributed by atoms with Crippen molar-refractivity contribution < 1.29 is 0 Å². The number of hydrogen-bond acceptors (Lipinski definition) is 2. The Bertz CT molecular complexity index is 4190. The number of hydrogen-bond donors (Lipinski definition) is 0. The number of fused-ring (bicyclic) bond motifs is 10. The molecule has 0 fully saturated rings. The molecule has 6 nitrogen and oxygen atoms in total. The Morgan fingerprint density at radius 1 is 0.265 bits per heavy atom. The minimum atomic E-state index is 0.788. The molecule has 10 aromatic carbocycles. The molecule has 0 amide bonds. The van der Waals surface area contributed by atoms with Gasteiger partial charge in [0.2, 0.25) is 0 Å². The van der Waals surface area contributed by atoms with Crippen molar-refractivity contribution in [1.82, 2.24) is 28.5 Å². The molecule has 0 N–H and O–H groups in total. The molecule has 6 heteroatoms. The highest BCUT2D eigenvalue weighted by atomic mass is 15.3. The summed E-state index contributed by atoms with van der Waals surface area (Å²) in [5.41, 5.74) is 15.6. The zero-order chi connectivity index (χ0) is 44.7. The Morgan fingerprint density at radius 3 is 1.47 bits per heavy atom. The van der Waals surface area contributed by atoms with E-state index in [0.29, 0.717) is 0 Å². The standard InChI is InChI=1S/C62H40N6/c1-4-19-41(20-5-1)61-63-64-62(42-21-6-2-7-22-42)67(61)46-35-36-50-48-28-11-16-33-55(48)68(58(50)40-46)53-31-14-10-27-47(53)43-23-18-26-45(39-43)65-56-34-17-13-30-52(56)59-57(65)38-37-51-49-29-12-15-32-54(49)66(60(51)59)44-24-8-3-9-25-44/h1-40H. The highest BCUT2D eigenvalue weighted by Crippen LogP contribution is 2.43. The first-order valence-corrected chi connectivity index (χ1v) is 23.1. The van der Waals surface area contributed by atoms with Crippen molar-refractivity contribution in [1.29, 1.82) is 0 Å². The lowest BCUT2D eigenvalue weighted by Crippen LogP contribution is -2.02. The fourth-order valence-electron chi connectivity index (χ4n) is 10.8. The average molecular weight is 869 g/mol. The van der Waals surface area contributed by atoms with E-state index in [1.165, 1.54) is 48.9 Å². The van der Waals surface area contributed by atoms with Crippen LogP contribution in [0.3, 0.4) is 0 Å². The van der Waals surface area contributed by atoms with Gasteiger partial charge < -0.3 is 13.7 Å². The predicted molar refractivity (Wildman–Crippen MR) is 281 cm³/mol. The summed E-state index contributed by atoms with van der Waals surface area (Å²) >= 11 is 0. The van der Waals surface area contributed by atoms with Gasteiger partial charge in [0, 0.05) is 60.4 Å². The topological polar surface area (TPSA) is 45.5 Å². The lowest BCUT2D eigenvalue weighted by molar-refractivity contribution is 1.07. The summed E-state index contributed by atoms with van der Waals surface area (Å²) in [7, 11) is 0. The second-order valence-electron chi connectivity index (χ2n) is 17.4. The van der Waals surface area contributed by atoms with E-state index in [4.69, 9.17) is 10.2 Å². The Balaban J connectivity index is 0.980. The van der Waals surface area contributed by atoms with Gasteiger partial charge in [-0.3, -0.25) is 4.57 Å². The maximum absolute atomic E-state index is 4.81. The molecule has 0 aliphatic carbocycles. The van der Waals surface area contributed by atoms with Gasteiger partial charge in [0.05, 0.1) is 44.5 Å². The average Bonchev–Trinajstić information content (AvgIpc) is 4.18. The molecule has 318 valence electrons. The molecule has 0 aliphatic heterocycles. The molecule has 68 heavy (non-hydrogen) atoms. The fourth-order valence-corrected chi connectivity index (χ4v) is 10.8. The zero-order valence-corrected chi connectivity index (χ0v) is 36.8. The van der Waals surface area contributed by atoms with Crippen molar-refractivity contribution in [2.75, 3.05) is 0 Å². The zero-order valence-electron chi connectivity index (χ0n) is 36.8. The lowest BCUT2D eigenvalue weighted by Gasteiger charge is -2.16. The van der Waals surface area contributed by atoms with Crippen LogP contribution < -0.4 is 0 Å². The van der Waals surface area contributed by atoms with Crippen LogP contribution in [0.25, 0.3) is 122 Å². The van der Waals surface area contributed by atoms with Crippen LogP contribution >= 0.6 is 0 Å². The van der Waals surface area contributed by atoms with E-state index < -0.39 is 0 Å². The second kappa shape index (κ2) is 15.2. The first-order valence-electron chi connectivity index (χ1n) is 23.1. The number of rotatable bonds is 7. The van der Waals surface area contributed by atoms with Crippen LogP contribution in [0.1, 0.15) is 0 Å². The van der Waals surface area contributed by atoms with Crippen molar-refractivity contribution in [3.05, 3.63) is 243 Å². The van der Waals surface area contributed by atoms with Crippen LogP contribution in [0, 0.1) is 0 Å². The molecular weight excluding hydrogens is 829 g/mol. The normalized spacial score (nSPS) is 11.8. The molecule has 0 radical (unpaired) electrons. The lowest BCUT2D eigenvalue weighted by atomic mass is 10.0. The number of nitrogens with zero attached hydrogens (tertiary/aromatic N) is 6. The van der Waals surface area contributed by atoms with E-state index in [9.17, 15) is 0 Å². The smallest absolute Gasteiger partial charge is 0.168 e. The molecule has 0 saturated carbocycles. The molecule has 0 aliphatic rings. The molecular formula is C62H40N6. The van der Waals surface area contributed by atoms with Crippen molar-refractivity contribution >= 4 is 65.4 Å². The Labute approximate surface area is 391 Å². The molecule has 14 rings (SSSR count). The van der Waals surface area contributed by atoms with E-state index in [0.717, 1.165) is 73.2 Å². The van der Waals surface area contributed by atoms with E-state index in [1.807, 2.05) is 12.1 Å². The largest absolute Gasteiger partial charge is 0.309 e. The second-order valence-corrected chi connectivity index (χ2v) is 17.4. The van der Waals surface area contributed by atoms with Gasteiger partial charge >= 0.3 is 0 Å². The molecule has 0 atom stereocenters. The van der Waals surface area contributed by atoms with Crippen LogP contribution in [0.15, 0.2) is 243 Å². The molecule has 4 aromatic heterocycles. The Morgan fingerprint density at radius 2 is 0.765 bits per heavy atom. The highest BCUT2D eigenvalue weighted by molar-refractivity contribution is 6.26. The quantitative estimate of drug-likeness (QED) is 0.160. The van der Waals surface area contributed by atoms with E-state index in [-0.39, 0.29) is 0 Å². The number of benzene rings is 10. The van der Waals surface area contributed by atoms with Gasteiger partial charge in [0.15, 0.2) is 11.6 Å². The van der Waals surface area contributed by atoms with Crippen molar-refractivity contribution in [3.63, 3.8) is 0 Å². The number of para-hydroxylation sites is 5. The van der Waals surface area contributed by atoms with Gasteiger partial charge in [-0.15, -0.1) is 10.2 Å². The molecule has 0 unspecified atom stereocenters. The van der Waals surface area contributed by atoms with Crippen LogP contribution in [0.5, 0.6) is 0 Å². The third kappa shape index (κ3) is 5.71. The molecule has 4 heterocycles. The first kappa shape index (κ1) is 38.1. The molecule has 0 spiro atoms. The Kier molecular flexibility index (Phi) is 8.48. The molecule has 0 saturated heterocycles. The van der Waals surface area contributed by atoms with Crippen LogP contribution in [0.2, 0.25) is 0 Å². The fraction of sp³-hybridized carbons (Fsp3) is 0. The van der Waals surface area contributed by atoms with Gasteiger partial charge in [0.1, 0.15) is 0 Å². The SMILES string of the molecule is c1ccc(-c2nnc(-c3ccccc3)n2-c2ccc3c4ccccc4n(-c4ccccc4-c4cccc(-n5c6ccccc6c6c5ccc5c7ccccc7n(-c7ccccc7)c56)c4)c3c2)cc1. The monoisotopic (exact) mass is 868 g/mol. The van der Waals surface area contributed by atoms with Crippen LogP contribution in [-0.2, 0) is 0 Å². The number of aromatic nitrogens is 6. The van der Waals surface area contributed by atoms with Crippen molar-refractivity contribution in [2.45, 2.75) is 0 Å². The minimum absolute atomic E-state index is 0.788. The first-order chi connectivity index (χ1) is 33.8. The Hall–Kier alpha value is -9.26.